The Bertz CT molecular complexity index is 295. The van der Waals surface area contributed by atoms with Gasteiger partial charge in [-0.25, -0.2) is 5.48 Å². The van der Waals surface area contributed by atoms with Crippen LogP contribution in [0.1, 0.15) is 13.8 Å². The molecule has 0 aliphatic rings. The van der Waals surface area contributed by atoms with Gasteiger partial charge in [0, 0.05) is 0 Å². The van der Waals surface area contributed by atoms with Crippen molar-refractivity contribution in [1.29, 1.82) is 0 Å². The molecule has 0 saturated carbocycles. The molecule has 0 bridgehead atoms. The van der Waals surface area contributed by atoms with Gasteiger partial charge in [-0.3, -0.25) is 14.4 Å². The lowest BCUT2D eigenvalue weighted by Gasteiger charge is -2.15. The first-order chi connectivity index (χ1) is 8.13. The van der Waals surface area contributed by atoms with Crippen LogP contribution in [0.3, 0.4) is 0 Å². The molecule has 0 heterocycles. The summed E-state index contributed by atoms with van der Waals surface area (Å²) in [4.78, 5) is 26.1. The van der Waals surface area contributed by atoms with Gasteiger partial charge in [0.1, 0.15) is 0 Å². The number of nitrogens with one attached hydrogen (secondary N) is 2. The molecule has 106 valence electrons. The van der Waals surface area contributed by atoms with Crippen molar-refractivity contribution in [3.8, 4) is 0 Å². The van der Waals surface area contributed by atoms with Crippen molar-refractivity contribution >= 4 is 11.8 Å². The zero-order valence-electron chi connectivity index (χ0n) is 10.0. The van der Waals surface area contributed by atoms with Crippen molar-refractivity contribution in [3.63, 3.8) is 0 Å². The summed E-state index contributed by atoms with van der Waals surface area (Å²) in [6.45, 7) is 1.34. The molecule has 0 saturated heterocycles. The van der Waals surface area contributed by atoms with E-state index in [1.165, 1.54) is 0 Å². The predicted octanol–water partition coefficient (Wildman–Crippen LogP) is -0.304. The van der Waals surface area contributed by atoms with Crippen molar-refractivity contribution in [2.45, 2.75) is 26.1 Å². The summed E-state index contributed by atoms with van der Waals surface area (Å²) >= 11 is 0. The smallest absolute Gasteiger partial charge is 0.346 e. The molecule has 9 heteroatoms. The zero-order valence-corrected chi connectivity index (χ0v) is 10.0. The number of nitrogens with two attached hydrogens (primary N) is 1. The fourth-order valence-electron chi connectivity index (χ4n) is 0.822. The van der Waals surface area contributed by atoms with Gasteiger partial charge in [-0.1, -0.05) is 13.8 Å². The van der Waals surface area contributed by atoms with Crippen molar-refractivity contribution in [1.82, 2.24) is 10.8 Å². The summed E-state index contributed by atoms with van der Waals surface area (Å²) in [7, 11) is 0. The second-order valence-electron chi connectivity index (χ2n) is 3.92. The van der Waals surface area contributed by atoms with Crippen molar-refractivity contribution in [3.05, 3.63) is 0 Å². The number of rotatable bonds is 6. The van der Waals surface area contributed by atoms with E-state index in [-0.39, 0.29) is 5.92 Å². The van der Waals surface area contributed by atoms with Crippen LogP contribution in [0.2, 0.25) is 0 Å². The lowest BCUT2D eigenvalue weighted by molar-refractivity contribution is -0.191. The van der Waals surface area contributed by atoms with Gasteiger partial charge < -0.3 is 11.1 Å². The normalized spacial score (nSPS) is 13.3. The van der Waals surface area contributed by atoms with E-state index in [1.807, 2.05) is 0 Å². The van der Waals surface area contributed by atoms with Crippen molar-refractivity contribution < 1.29 is 27.6 Å². The van der Waals surface area contributed by atoms with Gasteiger partial charge >= 0.3 is 6.18 Å². The highest BCUT2D eigenvalue weighted by Crippen LogP contribution is 2.13. The quantitative estimate of drug-likeness (QED) is 0.578. The first-order valence-electron chi connectivity index (χ1n) is 5.14. The van der Waals surface area contributed by atoms with Crippen molar-refractivity contribution in [2.24, 2.45) is 11.7 Å². The highest BCUT2D eigenvalue weighted by Gasteiger charge is 2.28. The van der Waals surface area contributed by atoms with Crippen LogP contribution in [0.25, 0.3) is 0 Å². The highest BCUT2D eigenvalue weighted by molar-refractivity contribution is 5.87. The third kappa shape index (κ3) is 7.85. The van der Waals surface area contributed by atoms with E-state index in [4.69, 9.17) is 5.73 Å². The maximum Gasteiger partial charge on any atom is 0.414 e. The Labute approximate surface area is 102 Å². The maximum absolute atomic E-state index is 11.7. The first kappa shape index (κ1) is 16.6. The minimum Gasteiger partial charge on any atom is -0.346 e. The van der Waals surface area contributed by atoms with Crippen LogP contribution < -0.4 is 16.5 Å². The van der Waals surface area contributed by atoms with E-state index in [1.54, 1.807) is 19.3 Å². The van der Waals surface area contributed by atoms with Crippen molar-refractivity contribution in [2.75, 3.05) is 13.2 Å². The van der Waals surface area contributed by atoms with Crippen LogP contribution in [-0.2, 0) is 14.4 Å². The number of halogens is 3. The van der Waals surface area contributed by atoms with E-state index in [2.05, 4.69) is 10.2 Å². The Morgan fingerprint density at radius 3 is 2.33 bits per heavy atom. The molecule has 0 spiro atoms. The molecule has 0 radical (unpaired) electrons. The average Bonchev–Trinajstić information content (AvgIpc) is 2.22. The molecule has 0 fully saturated rings. The van der Waals surface area contributed by atoms with E-state index in [9.17, 15) is 22.8 Å². The molecule has 18 heavy (non-hydrogen) atoms. The monoisotopic (exact) mass is 271 g/mol. The van der Waals surface area contributed by atoms with Gasteiger partial charge in [-0.2, -0.15) is 13.2 Å². The van der Waals surface area contributed by atoms with Crippen LogP contribution >= 0.6 is 0 Å². The van der Waals surface area contributed by atoms with Crippen LogP contribution in [0, 0.1) is 5.92 Å². The molecule has 4 N–H and O–H groups in total. The summed E-state index contributed by atoms with van der Waals surface area (Å²) in [5, 5.41) is 2.17. The Balaban J connectivity index is 3.81. The number of alkyl halides is 3. The third-order valence-electron chi connectivity index (χ3n) is 1.87. The van der Waals surface area contributed by atoms with E-state index < -0.39 is 37.2 Å². The second kappa shape index (κ2) is 7.17. The molecular formula is C9H16F3N3O3. The maximum atomic E-state index is 11.7. The fraction of sp³-hybridized carbons (Fsp3) is 0.778. The average molecular weight is 271 g/mol. The molecule has 2 amide bonds. The number of amides is 2. The number of hydrogen-bond donors (Lipinski definition) is 3. The zero-order chi connectivity index (χ0) is 14.3. The summed E-state index contributed by atoms with van der Waals surface area (Å²) in [6, 6.07) is -0.783. The molecule has 0 rings (SSSR count). The van der Waals surface area contributed by atoms with Gasteiger partial charge in [0.15, 0.2) is 6.61 Å². The summed E-state index contributed by atoms with van der Waals surface area (Å²) in [5.74, 6) is -1.57. The molecular weight excluding hydrogens is 255 g/mol. The van der Waals surface area contributed by atoms with Crippen LogP contribution in [-0.4, -0.2) is 37.2 Å². The van der Waals surface area contributed by atoms with Gasteiger partial charge in [0.2, 0.25) is 5.91 Å². The number of hydrogen-bond acceptors (Lipinski definition) is 4. The Kier molecular flexibility index (Phi) is 6.63. The van der Waals surface area contributed by atoms with Gasteiger partial charge in [-0.15, -0.1) is 0 Å². The standard InChI is InChI=1S/C9H16F3N3O3/c1-5(2)7(13)8(17)14-3-6(16)15-18-4-9(10,11)12/h5,7H,3-4,13H2,1-2H3,(H,14,17)(H,15,16)/t7-/m0/s1. The van der Waals surface area contributed by atoms with Crippen LogP contribution in [0.4, 0.5) is 13.2 Å². The summed E-state index contributed by atoms with van der Waals surface area (Å²) in [5.41, 5.74) is 7.03. The molecule has 0 aromatic carbocycles. The highest BCUT2D eigenvalue weighted by atomic mass is 19.4. The predicted molar refractivity (Wildman–Crippen MR) is 56.0 cm³/mol. The Hall–Kier alpha value is -1.35. The summed E-state index contributed by atoms with van der Waals surface area (Å²) < 4.78 is 35.0. The molecule has 0 aromatic heterocycles. The van der Waals surface area contributed by atoms with Crippen LogP contribution in [0.5, 0.6) is 0 Å². The Morgan fingerprint density at radius 1 is 1.33 bits per heavy atom. The molecule has 0 aliphatic carbocycles. The topological polar surface area (TPSA) is 93.5 Å². The van der Waals surface area contributed by atoms with Crippen LogP contribution in [0.15, 0.2) is 0 Å². The summed E-state index contributed by atoms with van der Waals surface area (Å²) in [6.07, 6.45) is -4.53. The lowest BCUT2D eigenvalue weighted by Crippen LogP contribution is -2.47. The minimum atomic E-state index is -4.53. The molecule has 6 nitrogen and oxygen atoms in total. The minimum absolute atomic E-state index is 0.116. The fourth-order valence-corrected chi connectivity index (χ4v) is 0.822. The Morgan fingerprint density at radius 2 is 1.89 bits per heavy atom. The number of hydroxylamine groups is 1. The van der Waals surface area contributed by atoms with E-state index in [0.29, 0.717) is 0 Å². The second-order valence-corrected chi connectivity index (χ2v) is 3.92. The number of carbonyl (C=O) groups excluding carboxylic acids is 2. The van der Waals surface area contributed by atoms with E-state index in [0.717, 1.165) is 0 Å². The van der Waals surface area contributed by atoms with Gasteiger partial charge in [0.25, 0.3) is 5.91 Å². The molecule has 0 aliphatic heterocycles. The van der Waals surface area contributed by atoms with E-state index >= 15 is 0 Å². The largest absolute Gasteiger partial charge is 0.414 e. The molecule has 0 aromatic rings. The molecule has 0 unspecified atom stereocenters. The lowest BCUT2D eigenvalue weighted by atomic mass is 10.1. The van der Waals surface area contributed by atoms with Gasteiger partial charge in [-0.05, 0) is 5.92 Å². The SMILES string of the molecule is CC(C)[C@H](N)C(=O)NCC(=O)NOCC(F)(F)F. The third-order valence-corrected chi connectivity index (χ3v) is 1.87. The van der Waals surface area contributed by atoms with Gasteiger partial charge in [0.05, 0.1) is 12.6 Å². The number of carbonyl (C=O) groups is 2. The first-order valence-corrected chi connectivity index (χ1v) is 5.14. The molecule has 1 atom stereocenters.